The zero-order valence-corrected chi connectivity index (χ0v) is 26.1. The minimum atomic E-state index is -0.892. The van der Waals surface area contributed by atoms with E-state index in [-0.39, 0.29) is 48.8 Å². The molecule has 0 N–H and O–H groups in total. The van der Waals surface area contributed by atoms with E-state index in [0.29, 0.717) is 44.3 Å². The van der Waals surface area contributed by atoms with Gasteiger partial charge in [-0.05, 0) is 55.2 Å². The molecule has 2 aromatic rings. The Labute approximate surface area is 259 Å². The van der Waals surface area contributed by atoms with Crippen LogP contribution in [0.25, 0.3) is 0 Å². The maximum absolute atomic E-state index is 14.2. The zero-order valence-electron chi connectivity index (χ0n) is 26.1. The van der Waals surface area contributed by atoms with Crippen LogP contribution in [0.4, 0.5) is 4.79 Å². The molecule has 10 heteroatoms. The molecular weight excluding hydrogens is 560 g/mol. The molecule has 3 saturated heterocycles. The van der Waals surface area contributed by atoms with Crippen LogP contribution in [0.15, 0.2) is 60.7 Å². The molecule has 3 fully saturated rings. The maximum atomic E-state index is 14.2. The number of likely N-dealkylation sites (tertiary alicyclic amines) is 1. The van der Waals surface area contributed by atoms with Gasteiger partial charge >= 0.3 is 6.09 Å². The summed E-state index contributed by atoms with van der Waals surface area (Å²) in [6.45, 7) is 9.23. The van der Waals surface area contributed by atoms with Gasteiger partial charge in [-0.2, -0.15) is 5.06 Å². The van der Waals surface area contributed by atoms with Gasteiger partial charge in [-0.3, -0.25) is 19.2 Å². The Hall–Kier alpha value is -3.92. The molecule has 0 aliphatic carbocycles. The molecule has 3 aliphatic heterocycles. The van der Waals surface area contributed by atoms with Crippen LogP contribution in [0, 0.1) is 11.8 Å². The van der Waals surface area contributed by atoms with Crippen molar-refractivity contribution < 1.29 is 28.8 Å². The lowest BCUT2D eigenvalue weighted by atomic mass is 9.93. The number of benzene rings is 2. The average molecular weight is 605 g/mol. The number of carbonyl (C=O) groups is 4. The Morgan fingerprint density at radius 1 is 0.864 bits per heavy atom. The maximum Gasteiger partial charge on any atom is 0.436 e. The van der Waals surface area contributed by atoms with E-state index in [4.69, 9.17) is 9.57 Å². The largest absolute Gasteiger partial charge is 0.443 e. The first-order valence-corrected chi connectivity index (χ1v) is 15.8. The summed E-state index contributed by atoms with van der Waals surface area (Å²) in [6.07, 6.45) is -0.319. The predicted molar refractivity (Wildman–Crippen MR) is 164 cm³/mol. The minimum Gasteiger partial charge on any atom is -0.443 e. The third kappa shape index (κ3) is 6.90. The summed E-state index contributed by atoms with van der Waals surface area (Å²) in [5.41, 5.74) is 1.48. The van der Waals surface area contributed by atoms with E-state index >= 15 is 0 Å². The first-order chi connectivity index (χ1) is 21.1. The normalized spacial score (nSPS) is 22.9. The Kier molecular flexibility index (Phi) is 9.88. The molecule has 0 bridgehead atoms. The number of piperazine rings is 1. The van der Waals surface area contributed by atoms with Gasteiger partial charge in [0.2, 0.25) is 5.91 Å². The molecule has 3 heterocycles. The molecule has 0 spiro atoms. The van der Waals surface area contributed by atoms with Gasteiger partial charge in [-0.15, -0.1) is 0 Å². The van der Waals surface area contributed by atoms with Crippen molar-refractivity contribution >= 4 is 23.8 Å². The van der Waals surface area contributed by atoms with Crippen LogP contribution in [0.5, 0.6) is 0 Å². The summed E-state index contributed by atoms with van der Waals surface area (Å²) in [7, 11) is 0. The van der Waals surface area contributed by atoms with E-state index in [9.17, 15) is 19.2 Å². The topological polar surface area (TPSA) is 99.7 Å². The standard InChI is InChI=1S/C34H44N4O6/c1-23(2)19-28-32(40)36(27-15-17-35(18-16-27)31(39)26-13-9-6-10-14-26)21-30-37(28)33(41)29(20-24(3)4)44-38(30)34(42)43-22-25-11-7-5-8-12-25/h5-14,23-24,27-30H,15-22H2,1-4H3/t28-,29+,30-/m0/s1. The second-order valence-corrected chi connectivity index (χ2v) is 12.8. The van der Waals surface area contributed by atoms with E-state index in [1.54, 1.807) is 4.90 Å². The van der Waals surface area contributed by atoms with Crippen LogP contribution in [-0.2, 0) is 25.8 Å². The Morgan fingerprint density at radius 3 is 2.09 bits per heavy atom. The number of nitrogens with zero attached hydrogens (tertiary/aromatic N) is 4. The lowest BCUT2D eigenvalue weighted by Crippen LogP contribution is -2.74. The highest BCUT2D eigenvalue weighted by atomic mass is 16.7. The van der Waals surface area contributed by atoms with Gasteiger partial charge in [0.25, 0.3) is 11.8 Å². The average Bonchev–Trinajstić information content (AvgIpc) is 3.02. The fourth-order valence-electron chi connectivity index (χ4n) is 6.43. The van der Waals surface area contributed by atoms with Gasteiger partial charge in [0.1, 0.15) is 12.6 Å². The van der Waals surface area contributed by atoms with Crippen molar-refractivity contribution in [2.75, 3.05) is 19.6 Å². The van der Waals surface area contributed by atoms with Crippen molar-refractivity contribution in [1.82, 2.24) is 19.8 Å². The van der Waals surface area contributed by atoms with E-state index < -0.39 is 24.4 Å². The molecular formula is C34H44N4O6. The Balaban J connectivity index is 1.38. The lowest BCUT2D eigenvalue weighted by molar-refractivity contribution is -0.270. The fraction of sp³-hybridized carbons (Fsp3) is 0.529. The van der Waals surface area contributed by atoms with Gasteiger partial charge in [0.15, 0.2) is 12.3 Å². The van der Waals surface area contributed by atoms with Crippen molar-refractivity contribution in [3.05, 3.63) is 71.8 Å². The lowest BCUT2D eigenvalue weighted by Gasteiger charge is -2.54. The van der Waals surface area contributed by atoms with Crippen LogP contribution in [0.2, 0.25) is 0 Å². The van der Waals surface area contributed by atoms with Crippen LogP contribution in [-0.4, -0.2) is 87.6 Å². The molecule has 236 valence electrons. The van der Waals surface area contributed by atoms with Gasteiger partial charge in [-0.25, -0.2) is 4.79 Å². The molecule has 0 radical (unpaired) electrons. The van der Waals surface area contributed by atoms with Crippen LogP contribution < -0.4 is 0 Å². The first-order valence-electron chi connectivity index (χ1n) is 15.8. The summed E-state index contributed by atoms with van der Waals surface area (Å²) >= 11 is 0. The van der Waals surface area contributed by atoms with Crippen molar-refractivity contribution in [1.29, 1.82) is 0 Å². The van der Waals surface area contributed by atoms with Crippen molar-refractivity contribution in [2.24, 2.45) is 11.8 Å². The van der Waals surface area contributed by atoms with Gasteiger partial charge in [0.05, 0.1) is 6.54 Å². The summed E-state index contributed by atoms with van der Waals surface area (Å²) in [4.78, 5) is 66.1. The number of hydroxylamine groups is 2. The smallest absolute Gasteiger partial charge is 0.436 e. The minimum absolute atomic E-state index is 0.0207. The second-order valence-electron chi connectivity index (χ2n) is 12.8. The van der Waals surface area contributed by atoms with Crippen LogP contribution in [0.3, 0.4) is 0 Å². The zero-order chi connectivity index (χ0) is 31.4. The van der Waals surface area contributed by atoms with Gasteiger partial charge < -0.3 is 19.4 Å². The second kappa shape index (κ2) is 13.8. The van der Waals surface area contributed by atoms with Crippen molar-refractivity contribution in [3.63, 3.8) is 0 Å². The number of rotatable bonds is 8. The monoisotopic (exact) mass is 604 g/mol. The molecule has 0 unspecified atom stereocenters. The molecule has 3 aliphatic rings. The molecule has 3 atom stereocenters. The number of hydrogen-bond acceptors (Lipinski definition) is 6. The molecule has 2 aromatic carbocycles. The molecule has 0 aromatic heterocycles. The van der Waals surface area contributed by atoms with Crippen molar-refractivity contribution in [3.8, 4) is 0 Å². The number of carbonyl (C=O) groups excluding carboxylic acids is 4. The molecule has 10 nitrogen and oxygen atoms in total. The third-order valence-corrected chi connectivity index (χ3v) is 8.60. The number of ether oxygens (including phenoxy) is 1. The molecule has 4 amide bonds. The summed E-state index contributed by atoms with van der Waals surface area (Å²) < 4.78 is 5.69. The van der Waals surface area contributed by atoms with E-state index in [1.807, 2.05) is 98.2 Å². The first kappa shape index (κ1) is 31.5. The van der Waals surface area contributed by atoms with E-state index in [0.717, 1.165) is 5.56 Å². The number of amides is 4. The number of piperidine rings is 1. The Bertz CT molecular complexity index is 1310. The predicted octanol–water partition coefficient (Wildman–Crippen LogP) is 4.70. The summed E-state index contributed by atoms with van der Waals surface area (Å²) in [5.74, 6) is -0.135. The summed E-state index contributed by atoms with van der Waals surface area (Å²) in [5, 5.41) is 1.19. The highest BCUT2D eigenvalue weighted by Crippen LogP contribution is 2.34. The highest BCUT2D eigenvalue weighted by molar-refractivity contribution is 5.94. The number of hydrogen-bond donors (Lipinski definition) is 0. The number of fused-ring (bicyclic) bond motifs is 1. The Morgan fingerprint density at radius 2 is 1.48 bits per heavy atom. The molecule has 44 heavy (non-hydrogen) atoms. The summed E-state index contributed by atoms with van der Waals surface area (Å²) in [6, 6.07) is 17.7. The SMILES string of the molecule is CC(C)C[C@H]1ON(C(=O)OCc2ccccc2)[C@H]2CN(C3CCN(C(=O)c4ccccc4)CC3)C(=O)[C@H](CC(C)C)N2C1=O. The molecule has 5 rings (SSSR count). The quantitative estimate of drug-likeness (QED) is 0.433. The molecule has 0 saturated carbocycles. The third-order valence-electron chi connectivity index (χ3n) is 8.60. The van der Waals surface area contributed by atoms with Gasteiger partial charge in [0, 0.05) is 24.7 Å². The van der Waals surface area contributed by atoms with E-state index in [1.165, 1.54) is 5.06 Å². The highest BCUT2D eigenvalue weighted by Gasteiger charge is 2.54. The van der Waals surface area contributed by atoms with Gasteiger partial charge in [-0.1, -0.05) is 76.2 Å². The fourth-order valence-corrected chi connectivity index (χ4v) is 6.43. The van der Waals surface area contributed by atoms with E-state index in [2.05, 4.69) is 0 Å². The van der Waals surface area contributed by atoms with Crippen LogP contribution in [0.1, 0.15) is 69.3 Å². The van der Waals surface area contributed by atoms with Crippen LogP contribution >= 0.6 is 0 Å². The van der Waals surface area contributed by atoms with Crippen molar-refractivity contribution in [2.45, 2.75) is 84.3 Å².